The lowest BCUT2D eigenvalue weighted by Crippen LogP contribution is -2.63. The average Bonchev–Trinajstić information content (AvgIpc) is 3.07. The number of likely N-dealkylation sites (tertiary alicyclic amines) is 1. The van der Waals surface area contributed by atoms with Gasteiger partial charge in [-0.1, -0.05) is 19.3 Å². The summed E-state index contributed by atoms with van der Waals surface area (Å²) in [6.45, 7) is 7.17. The van der Waals surface area contributed by atoms with Crippen LogP contribution in [0.4, 0.5) is 4.79 Å². The number of ether oxygens (including phenoxy) is 1. The van der Waals surface area contributed by atoms with Gasteiger partial charge in [0.1, 0.15) is 11.4 Å². The maximum absolute atomic E-state index is 12.3. The van der Waals surface area contributed by atoms with Crippen molar-refractivity contribution in [3.05, 3.63) is 18.2 Å². The van der Waals surface area contributed by atoms with Crippen LogP contribution in [-0.2, 0) is 10.3 Å². The molecule has 0 aromatic carbocycles. The third-order valence-corrected chi connectivity index (χ3v) is 5.74. The molecule has 1 aromatic rings. The summed E-state index contributed by atoms with van der Waals surface area (Å²) in [6.07, 6.45) is 11.4. The Labute approximate surface area is 149 Å². The average molecular weight is 346 g/mol. The summed E-state index contributed by atoms with van der Waals surface area (Å²) in [6, 6.07) is 0.917. The zero-order chi connectivity index (χ0) is 17.7. The molecule has 1 saturated carbocycles. The van der Waals surface area contributed by atoms with Gasteiger partial charge in [-0.3, -0.25) is 0 Å². The van der Waals surface area contributed by atoms with Crippen LogP contribution in [0.15, 0.2) is 12.4 Å². The van der Waals surface area contributed by atoms with Crippen LogP contribution in [0.25, 0.3) is 0 Å². The molecule has 2 fully saturated rings. The van der Waals surface area contributed by atoms with Crippen LogP contribution in [0.1, 0.15) is 71.2 Å². The van der Waals surface area contributed by atoms with Gasteiger partial charge in [-0.15, -0.1) is 0 Å². The highest BCUT2D eigenvalue weighted by Crippen LogP contribution is 2.45. The molecule has 1 N–H and O–H groups in total. The number of nitrogens with one attached hydrogen (secondary N) is 1. The van der Waals surface area contributed by atoms with Crippen LogP contribution in [0, 0.1) is 0 Å². The summed E-state index contributed by atoms with van der Waals surface area (Å²) in [5.74, 6) is 1.13. The molecule has 1 aromatic heterocycles. The van der Waals surface area contributed by atoms with Crippen molar-refractivity contribution < 1.29 is 9.53 Å². The van der Waals surface area contributed by atoms with Crippen LogP contribution in [0.2, 0.25) is 0 Å². The fourth-order valence-electron chi connectivity index (χ4n) is 4.63. The summed E-state index contributed by atoms with van der Waals surface area (Å²) >= 11 is 0. The van der Waals surface area contributed by atoms with Crippen molar-refractivity contribution in [2.45, 2.75) is 82.5 Å². The Hall–Kier alpha value is -1.56. The van der Waals surface area contributed by atoms with Gasteiger partial charge in [0.25, 0.3) is 0 Å². The van der Waals surface area contributed by atoms with E-state index in [1.54, 1.807) is 0 Å². The van der Waals surface area contributed by atoms with E-state index in [2.05, 4.69) is 21.1 Å². The van der Waals surface area contributed by atoms with Crippen LogP contribution in [0.5, 0.6) is 0 Å². The Morgan fingerprint density at radius 1 is 1.28 bits per heavy atom. The van der Waals surface area contributed by atoms with E-state index >= 15 is 0 Å². The molecule has 1 unspecified atom stereocenters. The number of imidazole rings is 1. The minimum absolute atomic E-state index is 0.00489. The second-order valence-corrected chi connectivity index (χ2v) is 8.97. The molecule has 1 atom stereocenters. The summed E-state index contributed by atoms with van der Waals surface area (Å²) in [4.78, 5) is 18.7. The molecule has 0 radical (unpaired) electrons. The number of nitrogens with zero attached hydrogens (tertiary/aromatic N) is 3. The van der Waals surface area contributed by atoms with Crippen molar-refractivity contribution >= 4 is 6.09 Å². The van der Waals surface area contributed by atoms with Crippen molar-refractivity contribution in [3.8, 4) is 0 Å². The first-order valence-corrected chi connectivity index (χ1v) is 9.64. The van der Waals surface area contributed by atoms with Crippen LogP contribution in [0.3, 0.4) is 0 Å². The van der Waals surface area contributed by atoms with Crippen molar-refractivity contribution in [1.29, 1.82) is 0 Å². The van der Waals surface area contributed by atoms with E-state index < -0.39 is 5.60 Å². The van der Waals surface area contributed by atoms with E-state index in [4.69, 9.17) is 4.74 Å². The molecule has 0 bridgehead atoms. The summed E-state index contributed by atoms with van der Waals surface area (Å²) < 4.78 is 7.81. The van der Waals surface area contributed by atoms with Crippen LogP contribution in [-0.4, -0.2) is 45.3 Å². The number of fused-ring (bicyclic) bond motifs is 2. The minimum atomic E-state index is -0.444. The van der Waals surface area contributed by atoms with Gasteiger partial charge in [-0.2, -0.15) is 0 Å². The number of carbonyl (C=O) groups is 1. The predicted molar refractivity (Wildman–Crippen MR) is 95.4 cm³/mol. The maximum atomic E-state index is 12.3. The molecule has 138 valence electrons. The van der Waals surface area contributed by atoms with E-state index in [9.17, 15) is 4.79 Å². The Balaban J connectivity index is 1.42. The Morgan fingerprint density at radius 2 is 2.00 bits per heavy atom. The number of amides is 1. The van der Waals surface area contributed by atoms with E-state index in [0.717, 1.165) is 12.2 Å². The van der Waals surface area contributed by atoms with Crippen LogP contribution >= 0.6 is 0 Å². The number of rotatable bonds is 2. The lowest BCUT2D eigenvalue weighted by molar-refractivity contribution is -0.0280. The van der Waals surface area contributed by atoms with Gasteiger partial charge in [-0.25, -0.2) is 9.78 Å². The third-order valence-electron chi connectivity index (χ3n) is 5.74. The minimum Gasteiger partial charge on any atom is -0.444 e. The van der Waals surface area contributed by atoms with E-state index in [1.807, 2.05) is 31.9 Å². The van der Waals surface area contributed by atoms with E-state index in [-0.39, 0.29) is 11.6 Å². The van der Waals surface area contributed by atoms with Gasteiger partial charge < -0.3 is 19.5 Å². The largest absolute Gasteiger partial charge is 0.444 e. The number of hydrogen-bond donors (Lipinski definition) is 1. The van der Waals surface area contributed by atoms with Crippen molar-refractivity contribution in [1.82, 2.24) is 19.8 Å². The summed E-state index contributed by atoms with van der Waals surface area (Å²) in [5, 5.41) is 3.85. The third kappa shape index (κ3) is 3.16. The molecule has 2 aliphatic heterocycles. The van der Waals surface area contributed by atoms with Gasteiger partial charge >= 0.3 is 6.09 Å². The number of carbonyl (C=O) groups excluding carboxylic acids is 1. The Kier molecular flexibility index (Phi) is 4.06. The normalized spacial score (nSPS) is 25.7. The standard InChI is InChI=1S/C19H30N4O2/c1-18(2,3)25-17(24)22-12-19(13-22)11-15(16-20-9-10-23(16)19)21-14-7-5-4-6-8-14/h9-10,14-15,21H,4-8,11-13H2,1-3H3. The molecule has 6 nitrogen and oxygen atoms in total. The van der Waals surface area contributed by atoms with Crippen molar-refractivity contribution in [3.63, 3.8) is 0 Å². The molecular formula is C19H30N4O2. The molecule has 1 saturated heterocycles. The second kappa shape index (κ2) is 6.01. The lowest BCUT2D eigenvalue weighted by Gasteiger charge is -2.48. The monoisotopic (exact) mass is 346 g/mol. The van der Waals surface area contributed by atoms with Gasteiger partial charge in [-0.05, 0) is 40.0 Å². The summed E-state index contributed by atoms with van der Waals surface area (Å²) in [7, 11) is 0. The fraction of sp³-hybridized carbons (Fsp3) is 0.789. The molecule has 6 heteroatoms. The first-order valence-electron chi connectivity index (χ1n) is 9.64. The first-order chi connectivity index (χ1) is 11.9. The molecular weight excluding hydrogens is 316 g/mol. The zero-order valence-corrected chi connectivity index (χ0v) is 15.6. The number of hydrogen-bond acceptors (Lipinski definition) is 4. The first kappa shape index (κ1) is 16.9. The molecule has 3 aliphatic rings. The predicted octanol–water partition coefficient (Wildman–Crippen LogP) is 3.20. The van der Waals surface area contributed by atoms with Gasteiger partial charge in [0.15, 0.2) is 0 Å². The fourth-order valence-corrected chi connectivity index (χ4v) is 4.63. The highest BCUT2D eigenvalue weighted by molar-refractivity contribution is 5.69. The van der Waals surface area contributed by atoms with Gasteiger partial charge in [0.2, 0.25) is 0 Å². The quantitative estimate of drug-likeness (QED) is 0.893. The van der Waals surface area contributed by atoms with Crippen molar-refractivity contribution in [2.75, 3.05) is 13.1 Å². The molecule has 1 spiro atoms. The second-order valence-electron chi connectivity index (χ2n) is 8.97. The van der Waals surface area contributed by atoms with E-state index in [1.165, 1.54) is 32.1 Å². The Bertz CT molecular complexity index is 636. The Morgan fingerprint density at radius 3 is 2.68 bits per heavy atom. The maximum Gasteiger partial charge on any atom is 0.410 e. The zero-order valence-electron chi connectivity index (χ0n) is 15.6. The molecule has 4 rings (SSSR count). The van der Waals surface area contributed by atoms with Gasteiger partial charge in [0, 0.05) is 31.5 Å². The smallest absolute Gasteiger partial charge is 0.410 e. The molecule has 1 amide bonds. The highest BCUT2D eigenvalue weighted by atomic mass is 16.6. The molecule has 25 heavy (non-hydrogen) atoms. The van der Waals surface area contributed by atoms with E-state index in [0.29, 0.717) is 25.2 Å². The molecule has 1 aliphatic carbocycles. The lowest BCUT2D eigenvalue weighted by atomic mass is 9.86. The summed E-state index contributed by atoms with van der Waals surface area (Å²) in [5.41, 5.74) is -0.449. The van der Waals surface area contributed by atoms with Gasteiger partial charge in [0.05, 0.1) is 11.6 Å². The highest BCUT2D eigenvalue weighted by Gasteiger charge is 2.54. The van der Waals surface area contributed by atoms with Crippen LogP contribution < -0.4 is 5.32 Å². The number of aromatic nitrogens is 2. The topological polar surface area (TPSA) is 59.4 Å². The molecule has 3 heterocycles. The SMILES string of the molecule is CC(C)(C)OC(=O)N1CC2(CC(NC3CCCCC3)c3nccn32)C1. The van der Waals surface area contributed by atoms with Crippen molar-refractivity contribution in [2.24, 2.45) is 0 Å².